The average molecular weight is 318 g/mol. The highest BCUT2D eigenvalue weighted by atomic mass is 16.5. The lowest BCUT2D eigenvalue weighted by molar-refractivity contribution is -0.143. The number of esters is 1. The first-order valence-corrected chi connectivity index (χ1v) is 8.40. The van der Waals surface area contributed by atoms with Crippen LogP contribution in [0.1, 0.15) is 38.7 Å². The zero-order chi connectivity index (χ0) is 16.7. The van der Waals surface area contributed by atoms with Crippen LogP contribution in [0.25, 0.3) is 0 Å². The van der Waals surface area contributed by atoms with Crippen molar-refractivity contribution in [1.29, 1.82) is 0 Å². The summed E-state index contributed by atoms with van der Waals surface area (Å²) in [5.74, 6) is -0.00609. The molecule has 1 amide bonds. The number of nitrogens with one attached hydrogen (secondary N) is 1. The van der Waals surface area contributed by atoms with Crippen molar-refractivity contribution in [1.82, 2.24) is 4.90 Å². The van der Waals surface area contributed by atoms with Crippen molar-refractivity contribution in [2.75, 3.05) is 25.0 Å². The van der Waals surface area contributed by atoms with Crippen molar-refractivity contribution in [3.63, 3.8) is 0 Å². The number of hydrogen-bond donors (Lipinski definition) is 1. The maximum absolute atomic E-state index is 12.3. The first kappa shape index (κ1) is 17.3. The maximum atomic E-state index is 12.3. The maximum Gasteiger partial charge on any atom is 0.306 e. The first-order chi connectivity index (χ1) is 11.1. The number of rotatable bonds is 7. The summed E-state index contributed by atoms with van der Waals surface area (Å²) in [7, 11) is 0. The molecule has 1 aromatic carbocycles. The number of nitrogens with zero attached hydrogens (tertiary/aromatic N) is 1. The van der Waals surface area contributed by atoms with Crippen LogP contribution >= 0.6 is 0 Å². The Bertz CT molecular complexity index is 522. The van der Waals surface area contributed by atoms with Gasteiger partial charge in [-0.05, 0) is 50.8 Å². The van der Waals surface area contributed by atoms with Crippen molar-refractivity contribution < 1.29 is 14.3 Å². The molecule has 126 valence electrons. The van der Waals surface area contributed by atoms with Crippen LogP contribution in [0, 0.1) is 0 Å². The van der Waals surface area contributed by atoms with E-state index in [4.69, 9.17) is 4.74 Å². The first-order valence-electron chi connectivity index (χ1n) is 8.40. The van der Waals surface area contributed by atoms with Crippen molar-refractivity contribution in [3.8, 4) is 0 Å². The second kappa shape index (κ2) is 8.56. The predicted octanol–water partition coefficient (Wildman–Crippen LogP) is 2.61. The smallest absolute Gasteiger partial charge is 0.306 e. The zero-order valence-electron chi connectivity index (χ0n) is 14.0. The lowest BCUT2D eigenvalue weighted by Gasteiger charge is -2.22. The molecule has 0 bridgehead atoms. The van der Waals surface area contributed by atoms with Crippen LogP contribution in [-0.2, 0) is 20.7 Å². The molecule has 1 N–H and O–H groups in total. The van der Waals surface area contributed by atoms with E-state index in [1.54, 1.807) is 0 Å². The Labute approximate surface area is 138 Å². The molecule has 0 unspecified atom stereocenters. The van der Waals surface area contributed by atoms with Crippen LogP contribution < -0.4 is 5.32 Å². The van der Waals surface area contributed by atoms with Crippen LogP contribution in [0.3, 0.4) is 0 Å². The van der Waals surface area contributed by atoms with Crippen LogP contribution in [0.15, 0.2) is 24.3 Å². The molecule has 1 aliphatic rings. The molecule has 1 saturated heterocycles. The van der Waals surface area contributed by atoms with E-state index in [9.17, 15) is 9.59 Å². The number of aryl methyl sites for hydroxylation is 1. The molecule has 2 rings (SSSR count). The molecule has 5 heteroatoms. The van der Waals surface area contributed by atoms with Gasteiger partial charge in [-0.2, -0.15) is 0 Å². The minimum atomic E-state index is -0.224. The van der Waals surface area contributed by atoms with Crippen molar-refractivity contribution >= 4 is 17.6 Å². The van der Waals surface area contributed by atoms with Gasteiger partial charge in [-0.25, -0.2) is 0 Å². The molecule has 1 aliphatic heterocycles. The minimum Gasteiger partial charge on any atom is -0.466 e. The van der Waals surface area contributed by atoms with E-state index < -0.39 is 0 Å². The number of hydrogen-bond acceptors (Lipinski definition) is 4. The van der Waals surface area contributed by atoms with E-state index in [1.165, 1.54) is 0 Å². The van der Waals surface area contributed by atoms with Gasteiger partial charge in [0.25, 0.3) is 0 Å². The molecule has 23 heavy (non-hydrogen) atoms. The molecular weight excluding hydrogens is 292 g/mol. The quantitative estimate of drug-likeness (QED) is 0.785. The second-order valence-electron chi connectivity index (χ2n) is 5.90. The number of anilines is 1. The number of benzene rings is 1. The lowest BCUT2D eigenvalue weighted by Crippen LogP contribution is -2.39. The Morgan fingerprint density at radius 2 is 1.87 bits per heavy atom. The molecule has 1 aromatic rings. The summed E-state index contributed by atoms with van der Waals surface area (Å²) in [6.07, 6.45) is 3.27. The van der Waals surface area contributed by atoms with Crippen LogP contribution in [0.2, 0.25) is 0 Å². The lowest BCUT2D eigenvalue weighted by atomic mass is 10.1. The van der Waals surface area contributed by atoms with Gasteiger partial charge in [0.05, 0.1) is 6.61 Å². The fourth-order valence-corrected chi connectivity index (χ4v) is 2.77. The summed E-state index contributed by atoms with van der Waals surface area (Å²) in [4.78, 5) is 25.5. The Kier molecular flexibility index (Phi) is 6.44. The van der Waals surface area contributed by atoms with E-state index >= 15 is 0 Å². The summed E-state index contributed by atoms with van der Waals surface area (Å²) in [5.41, 5.74) is 2.01. The average Bonchev–Trinajstić information content (AvgIpc) is 3.08. The summed E-state index contributed by atoms with van der Waals surface area (Å²) in [6, 6.07) is 7.64. The van der Waals surface area contributed by atoms with Crippen molar-refractivity contribution in [2.24, 2.45) is 0 Å². The summed E-state index contributed by atoms with van der Waals surface area (Å²) >= 11 is 0. The SMILES string of the molecule is CCOC(=O)CCc1ccc(N[C@H](C)C(=O)N2CCCC2)cc1. The molecule has 0 aliphatic carbocycles. The summed E-state index contributed by atoms with van der Waals surface area (Å²) < 4.78 is 4.92. The second-order valence-corrected chi connectivity index (χ2v) is 5.90. The third-order valence-electron chi connectivity index (χ3n) is 4.05. The van der Waals surface area contributed by atoms with E-state index in [0.717, 1.165) is 37.2 Å². The molecule has 0 aromatic heterocycles. The van der Waals surface area contributed by atoms with E-state index in [2.05, 4.69) is 5.32 Å². The fraction of sp³-hybridized carbons (Fsp3) is 0.556. The molecule has 5 nitrogen and oxygen atoms in total. The Morgan fingerprint density at radius 3 is 2.48 bits per heavy atom. The number of carbonyl (C=O) groups is 2. The van der Waals surface area contributed by atoms with Gasteiger partial charge in [-0.3, -0.25) is 9.59 Å². The van der Waals surface area contributed by atoms with E-state index in [0.29, 0.717) is 19.4 Å². The van der Waals surface area contributed by atoms with Crippen LogP contribution in [-0.4, -0.2) is 42.5 Å². The molecule has 1 fully saturated rings. The molecule has 1 atom stereocenters. The number of ether oxygens (including phenoxy) is 1. The topological polar surface area (TPSA) is 58.6 Å². The standard InChI is InChI=1S/C18H26N2O3/c1-3-23-17(21)11-8-15-6-9-16(10-7-15)19-14(2)18(22)20-12-4-5-13-20/h6-7,9-10,14,19H,3-5,8,11-13H2,1-2H3/t14-/m1/s1. The third kappa shape index (κ3) is 5.27. The molecule has 0 radical (unpaired) electrons. The molecule has 0 spiro atoms. The highest BCUT2D eigenvalue weighted by Gasteiger charge is 2.22. The van der Waals surface area contributed by atoms with Gasteiger partial charge in [-0.1, -0.05) is 12.1 Å². The molecule has 0 saturated carbocycles. The Morgan fingerprint density at radius 1 is 1.22 bits per heavy atom. The van der Waals surface area contributed by atoms with Gasteiger partial charge in [0.2, 0.25) is 5.91 Å². The van der Waals surface area contributed by atoms with Crippen molar-refractivity contribution in [2.45, 2.75) is 45.6 Å². The largest absolute Gasteiger partial charge is 0.466 e. The van der Waals surface area contributed by atoms with Gasteiger partial charge in [-0.15, -0.1) is 0 Å². The third-order valence-corrected chi connectivity index (χ3v) is 4.05. The summed E-state index contributed by atoms with van der Waals surface area (Å²) in [6.45, 7) is 5.87. The van der Waals surface area contributed by atoms with E-state index in [1.807, 2.05) is 43.0 Å². The number of carbonyl (C=O) groups excluding carboxylic acids is 2. The van der Waals surface area contributed by atoms with Crippen molar-refractivity contribution in [3.05, 3.63) is 29.8 Å². The van der Waals surface area contributed by atoms with Gasteiger partial charge in [0.1, 0.15) is 6.04 Å². The van der Waals surface area contributed by atoms with Gasteiger partial charge in [0.15, 0.2) is 0 Å². The van der Waals surface area contributed by atoms with Crippen LogP contribution in [0.5, 0.6) is 0 Å². The monoisotopic (exact) mass is 318 g/mol. The molecular formula is C18H26N2O3. The zero-order valence-corrected chi connectivity index (χ0v) is 14.0. The van der Waals surface area contributed by atoms with Gasteiger partial charge in [0, 0.05) is 25.2 Å². The molecule has 1 heterocycles. The Hall–Kier alpha value is -2.04. The highest BCUT2D eigenvalue weighted by molar-refractivity contribution is 5.84. The Balaban J connectivity index is 1.82. The van der Waals surface area contributed by atoms with Gasteiger partial charge < -0.3 is 15.0 Å². The number of likely N-dealkylation sites (tertiary alicyclic amines) is 1. The van der Waals surface area contributed by atoms with Crippen LogP contribution in [0.4, 0.5) is 5.69 Å². The minimum absolute atomic E-state index is 0.161. The fourth-order valence-electron chi connectivity index (χ4n) is 2.77. The van der Waals surface area contributed by atoms with E-state index in [-0.39, 0.29) is 17.9 Å². The highest BCUT2D eigenvalue weighted by Crippen LogP contribution is 2.15. The van der Waals surface area contributed by atoms with Gasteiger partial charge >= 0.3 is 5.97 Å². The predicted molar refractivity (Wildman–Crippen MR) is 90.3 cm³/mol. The number of amides is 1. The normalized spacial score (nSPS) is 15.3. The summed E-state index contributed by atoms with van der Waals surface area (Å²) in [5, 5.41) is 3.25.